The van der Waals surface area contributed by atoms with Crippen molar-refractivity contribution >= 4 is 33.6 Å². The van der Waals surface area contributed by atoms with E-state index < -0.39 is 0 Å². The monoisotopic (exact) mass is 313 g/mol. The summed E-state index contributed by atoms with van der Waals surface area (Å²) in [6.07, 6.45) is 1.80. The lowest BCUT2D eigenvalue weighted by Crippen LogP contribution is -2.44. The average molecular weight is 314 g/mol. The van der Waals surface area contributed by atoms with Crippen LogP contribution in [-0.4, -0.2) is 35.0 Å². The first-order valence-corrected chi connectivity index (χ1v) is 6.66. The van der Waals surface area contributed by atoms with Gasteiger partial charge in [-0.2, -0.15) is 4.98 Å². The number of hydrogen-bond acceptors (Lipinski definition) is 5. The Kier molecular flexibility index (Phi) is 4.00. The van der Waals surface area contributed by atoms with Crippen molar-refractivity contribution in [2.24, 2.45) is 0 Å². The van der Waals surface area contributed by atoms with Gasteiger partial charge in [0.1, 0.15) is 10.4 Å². The summed E-state index contributed by atoms with van der Waals surface area (Å²) in [4.78, 5) is 21.6. The molecular weight excluding hydrogens is 298 g/mol. The van der Waals surface area contributed by atoms with Crippen molar-refractivity contribution in [2.45, 2.75) is 25.8 Å². The van der Waals surface area contributed by atoms with Gasteiger partial charge in [-0.3, -0.25) is 4.79 Å². The summed E-state index contributed by atoms with van der Waals surface area (Å²) in [7, 11) is 0. The van der Waals surface area contributed by atoms with Gasteiger partial charge in [0.05, 0.1) is 0 Å². The van der Waals surface area contributed by atoms with Crippen LogP contribution in [0.3, 0.4) is 0 Å². The van der Waals surface area contributed by atoms with Crippen LogP contribution in [0.5, 0.6) is 0 Å². The van der Waals surface area contributed by atoms with Crippen LogP contribution in [0.15, 0.2) is 10.7 Å². The van der Waals surface area contributed by atoms with E-state index in [0.717, 1.165) is 25.9 Å². The molecule has 2 heterocycles. The van der Waals surface area contributed by atoms with E-state index >= 15 is 0 Å². The molecule has 1 amide bonds. The van der Waals surface area contributed by atoms with Gasteiger partial charge in [0.2, 0.25) is 11.9 Å². The molecule has 1 aromatic rings. The summed E-state index contributed by atoms with van der Waals surface area (Å²) in [5.74, 6) is 1.12. The van der Waals surface area contributed by atoms with Gasteiger partial charge in [-0.05, 0) is 28.8 Å². The zero-order valence-electron chi connectivity index (χ0n) is 10.2. The number of piperidine rings is 1. The van der Waals surface area contributed by atoms with E-state index in [0.29, 0.717) is 16.4 Å². The Morgan fingerprint density at radius 2 is 2.17 bits per heavy atom. The van der Waals surface area contributed by atoms with Crippen LogP contribution in [0.4, 0.5) is 11.8 Å². The van der Waals surface area contributed by atoms with E-state index in [1.807, 2.05) is 0 Å². The number of amides is 1. The molecule has 98 valence electrons. The van der Waals surface area contributed by atoms with Crippen LogP contribution in [-0.2, 0) is 4.79 Å². The predicted molar refractivity (Wildman–Crippen MR) is 73.2 cm³/mol. The lowest BCUT2D eigenvalue weighted by atomic mass is 10.1. The lowest BCUT2D eigenvalue weighted by molar-refractivity contribution is -0.119. The van der Waals surface area contributed by atoms with Crippen molar-refractivity contribution in [3.8, 4) is 0 Å². The van der Waals surface area contributed by atoms with Crippen LogP contribution in [0, 0.1) is 0 Å². The second-order valence-electron chi connectivity index (χ2n) is 4.38. The molecule has 0 aliphatic carbocycles. The van der Waals surface area contributed by atoms with E-state index in [1.54, 1.807) is 13.0 Å². The predicted octanol–water partition coefficient (Wildman–Crippen LogP) is 0.926. The molecule has 1 aromatic heterocycles. The van der Waals surface area contributed by atoms with Crippen LogP contribution in [0.25, 0.3) is 0 Å². The molecule has 0 spiro atoms. The van der Waals surface area contributed by atoms with Gasteiger partial charge in [0.15, 0.2) is 0 Å². The molecule has 0 bridgehead atoms. The summed E-state index contributed by atoms with van der Waals surface area (Å²) in [6.45, 7) is 3.19. The van der Waals surface area contributed by atoms with E-state index in [2.05, 4.69) is 36.1 Å². The molecule has 0 atom stereocenters. The Morgan fingerprint density at radius 3 is 2.72 bits per heavy atom. The highest BCUT2D eigenvalue weighted by Gasteiger charge is 2.21. The smallest absolute Gasteiger partial charge is 0.228 e. The first kappa shape index (κ1) is 13.1. The van der Waals surface area contributed by atoms with Gasteiger partial charge in [0.25, 0.3) is 0 Å². The maximum absolute atomic E-state index is 11.0. The average Bonchev–Trinajstić information content (AvgIpc) is 2.27. The molecule has 0 unspecified atom stereocenters. The van der Waals surface area contributed by atoms with Crippen molar-refractivity contribution < 1.29 is 4.79 Å². The summed E-state index contributed by atoms with van der Waals surface area (Å²) in [5, 5.41) is 2.94. The highest BCUT2D eigenvalue weighted by Crippen LogP contribution is 2.19. The third-order valence-corrected chi connectivity index (χ3v) is 3.29. The van der Waals surface area contributed by atoms with Gasteiger partial charge in [0, 0.05) is 32.1 Å². The molecule has 0 radical (unpaired) electrons. The largest absolute Gasteiger partial charge is 0.383 e. The number of anilines is 2. The van der Waals surface area contributed by atoms with Gasteiger partial charge in [-0.1, -0.05) is 0 Å². The fourth-order valence-electron chi connectivity index (χ4n) is 2.08. The third kappa shape index (κ3) is 3.32. The Labute approximate surface area is 114 Å². The molecular formula is C11H16BrN5O. The molecule has 2 rings (SSSR count). The topological polar surface area (TPSA) is 84.1 Å². The maximum Gasteiger partial charge on any atom is 0.228 e. The Balaban J connectivity index is 1.98. The summed E-state index contributed by atoms with van der Waals surface area (Å²) < 4.78 is 0.689. The maximum atomic E-state index is 11.0. The van der Waals surface area contributed by atoms with E-state index in [9.17, 15) is 4.79 Å². The minimum atomic E-state index is 0.0244. The Morgan fingerprint density at radius 1 is 1.50 bits per heavy atom. The van der Waals surface area contributed by atoms with Gasteiger partial charge < -0.3 is 16.0 Å². The number of rotatable bonds is 2. The highest BCUT2D eigenvalue weighted by atomic mass is 79.9. The summed E-state index contributed by atoms with van der Waals surface area (Å²) in [5.41, 5.74) is 5.69. The molecule has 7 heteroatoms. The number of nitrogen functional groups attached to an aromatic ring is 1. The third-order valence-electron chi connectivity index (χ3n) is 2.89. The van der Waals surface area contributed by atoms with E-state index in [1.165, 1.54) is 0 Å². The second kappa shape index (κ2) is 5.51. The lowest BCUT2D eigenvalue weighted by Gasteiger charge is -2.32. The van der Waals surface area contributed by atoms with E-state index in [4.69, 9.17) is 5.73 Å². The van der Waals surface area contributed by atoms with Crippen LogP contribution in [0.1, 0.15) is 19.8 Å². The number of carbonyl (C=O) groups is 1. The SMILES string of the molecule is CC(=O)NC1CCN(c2nc(N)cc(Br)n2)CC1. The first-order valence-electron chi connectivity index (χ1n) is 5.86. The zero-order chi connectivity index (χ0) is 13.1. The quantitative estimate of drug-likeness (QED) is 0.793. The number of nitrogens with zero attached hydrogens (tertiary/aromatic N) is 3. The van der Waals surface area contributed by atoms with Gasteiger partial charge in [-0.25, -0.2) is 4.98 Å². The summed E-state index contributed by atoms with van der Waals surface area (Å²) in [6, 6.07) is 1.93. The molecule has 0 aromatic carbocycles. The van der Waals surface area contributed by atoms with Crippen molar-refractivity contribution in [3.63, 3.8) is 0 Å². The van der Waals surface area contributed by atoms with Gasteiger partial charge in [-0.15, -0.1) is 0 Å². The van der Waals surface area contributed by atoms with Gasteiger partial charge >= 0.3 is 0 Å². The fraction of sp³-hybridized carbons (Fsp3) is 0.545. The molecule has 6 nitrogen and oxygen atoms in total. The number of aromatic nitrogens is 2. The Hall–Kier alpha value is -1.37. The molecule has 0 saturated carbocycles. The van der Waals surface area contributed by atoms with Crippen LogP contribution in [0.2, 0.25) is 0 Å². The normalized spacial score (nSPS) is 16.7. The van der Waals surface area contributed by atoms with E-state index in [-0.39, 0.29) is 11.9 Å². The minimum absolute atomic E-state index is 0.0244. The minimum Gasteiger partial charge on any atom is -0.383 e. The number of nitrogens with one attached hydrogen (secondary N) is 1. The highest BCUT2D eigenvalue weighted by molar-refractivity contribution is 9.10. The standard InChI is InChI=1S/C11H16BrN5O/c1-7(18)14-8-2-4-17(5-3-8)11-15-9(12)6-10(13)16-11/h6,8H,2-5H2,1H3,(H,14,18)(H2,13,15,16). The Bertz CT molecular complexity index is 425. The second-order valence-corrected chi connectivity index (χ2v) is 5.19. The molecule has 1 aliphatic rings. The molecule has 1 saturated heterocycles. The van der Waals surface area contributed by atoms with Crippen molar-refractivity contribution in [1.29, 1.82) is 0 Å². The molecule has 1 fully saturated rings. The zero-order valence-corrected chi connectivity index (χ0v) is 11.8. The first-order chi connectivity index (χ1) is 8.54. The number of hydrogen-bond donors (Lipinski definition) is 2. The van der Waals surface area contributed by atoms with Crippen molar-refractivity contribution in [1.82, 2.24) is 15.3 Å². The van der Waals surface area contributed by atoms with Crippen LogP contribution >= 0.6 is 15.9 Å². The van der Waals surface area contributed by atoms with Crippen molar-refractivity contribution in [2.75, 3.05) is 23.7 Å². The molecule has 1 aliphatic heterocycles. The van der Waals surface area contributed by atoms with Crippen LogP contribution < -0.4 is 16.0 Å². The number of halogens is 1. The number of nitrogens with two attached hydrogens (primary N) is 1. The molecule has 3 N–H and O–H groups in total. The number of carbonyl (C=O) groups excluding carboxylic acids is 1. The molecule has 18 heavy (non-hydrogen) atoms. The fourth-order valence-corrected chi connectivity index (χ4v) is 2.47. The summed E-state index contributed by atoms with van der Waals surface area (Å²) >= 11 is 3.31. The van der Waals surface area contributed by atoms with Crippen molar-refractivity contribution in [3.05, 3.63) is 10.7 Å².